The largest absolute Gasteiger partial charge is 0.381 e. The molecule has 1 aromatic heterocycles. The van der Waals surface area contributed by atoms with Crippen LogP contribution in [0.25, 0.3) is 0 Å². The van der Waals surface area contributed by atoms with Crippen LogP contribution in [-0.4, -0.2) is 28.8 Å². The van der Waals surface area contributed by atoms with Gasteiger partial charge in [0.15, 0.2) is 0 Å². The van der Waals surface area contributed by atoms with Gasteiger partial charge in [0.1, 0.15) is 5.78 Å². The van der Waals surface area contributed by atoms with Gasteiger partial charge in [-0.1, -0.05) is 11.6 Å². The van der Waals surface area contributed by atoms with Crippen molar-refractivity contribution in [3.05, 3.63) is 16.4 Å². The Morgan fingerprint density at radius 2 is 2.25 bits per heavy atom. The molecule has 4 nitrogen and oxygen atoms in total. The van der Waals surface area contributed by atoms with E-state index < -0.39 is 0 Å². The number of aryl methyl sites for hydroxylation is 2. The van der Waals surface area contributed by atoms with Crippen molar-refractivity contribution in [1.29, 1.82) is 0 Å². The summed E-state index contributed by atoms with van der Waals surface area (Å²) in [5.74, 6) is 0.123. The molecule has 1 heterocycles. The quantitative estimate of drug-likeness (QED) is 0.719. The predicted molar refractivity (Wildman–Crippen MR) is 62.8 cm³/mol. The van der Waals surface area contributed by atoms with E-state index in [1.165, 1.54) is 0 Å². The van der Waals surface area contributed by atoms with Gasteiger partial charge in [-0.25, -0.2) is 0 Å². The van der Waals surface area contributed by atoms with Crippen molar-refractivity contribution >= 4 is 17.4 Å². The lowest BCUT2D eigenvalue weighted by atomic mass is 10.1. The Hall–Kier alpha value is -0.870. The van der Waals surface area contributed by atoms with Crippen molar-refractivity contribution in [3.8, 4) is 0 Å². The Morgan fingerprint density at radius 1 is 1.56 bits per heavy atom. The van der Waals surface area contributed by atoms with E-state index in [4.69, 9.17) is 16.3 Å². The van der Waals surface area contributed by atoms with Gasteiger partial charge in [-0.05, 0) is 13.8 Å². The Balaban J connectivity index is 2.56. The molecule has 90 valence electrons. The van der Waals surface area contributed by atoms with Crippen molar-refractivity contribution in [2.24, 2.45) is 7.05 Å². The van der Waals surface area contributed by atoms with Crippen molar-refractivity contribution in [2.75, 3.05) is 13.2 Å². The fraction of sp³-hybridized carbons (Fsp3) is 0.636. The molecule has 0 aliphatic heterocycles. The molecule has 0 aliphatic rings. The van der Waals surface area contributed by atoms with Crippen LogP contribution in [-0.2, 0) is 23.0 Å². The molecule has 0 unspecified atom stereocenters. The lowest BCUT2D eigenvalue weighted by molar-refractivity contribution is -0.119. The number of carbonyl (C=O) groups is 1. The van der Waals surface area contributed by atoms with Crippen LogP contribution in [0, 0.1) is 6.92 Å². The summed E-state index contributed by atoms with van der Waals surface area (Å²) in [5, 5.41) is 4.75. The molecule has 1 rings (SSSR count). The van der Waals surface area contributed by atoms with Gasteiger partial charge in [-0.3, -0.25) is 9.48 Å². The van der Waals surface area contributed by atoms with E-state index in [1.807, 2.05) is 13.8 Å². The number of rotatable bonds is 6. The van der Waals surface area contributed by atoms with Gasteiger partial charge in [0.2, 0.25) is 0 Å². The number of halogens is 1. The van der Waals surface area contributed by atoms with Gasteiger partial charge in [0, 0.05) is 26.5 Å². The predicted octanol–water partition coefficient (Wildman–Crippen LogP) is 1.92. The maximum atomic E-state index is 11.6. The van der Waals surface area contributed by atoms with Crippen LogP contribution >= 0.6 is 11.6 Å². The normalized spacial score (nSPS) is 10.8. The van der Waals surface area contributed by atoms with Crippen LogP contribution in [0.4, 0.5) is 0 Å². The fourth-order valence-corrected chi connectivity index (χ4v) is 1.70. The number of Topliss-reactive ketones (excluding diaryl/α,β-unsaturated/α-hetero) is 1. The second kappa shape index (κ2) is 6.01. The number of aromatic nitrogens is 2. The highest BCUT2D eigenvalue weighted by atomic mass is 35.5. The van der Waals surface area contributed by atoms with E-state index in [9.17, 15) is 4.79 Å². The summed E-state index contributed by atoms with van der Waals surface area (Å²) in [5.41, 5.74) is 1.54. The number of hydrogen-bond acceptors (Lipinski definition) is 3. The minimum atomic E-state index is 0.123. The molecular weight excluding hydrogens is 228 g/mol. The van der Waals surface area contributed by atoms with Crippen LogP contribution in [0.15, 0.2) is 0 Å². The maximum Gasteiger partial charge on any atom is 0.141 e. The van der Waals surface area contributed by atoms with Crippen LogP contribution in [0.1, 0.15) is 24.7 Å². The zero-order valence-electron chi connectivity index (χ0n) is 9.92. The van der Waals surface area contributed by atoms with Crippen molar-refractivity contribution in [1.82, 2.24) is 9.78 Å². The smallest absolute Gasteiger partial charge is 0.141 e. The number of ketones is 1. The van der Waals surface area contributed by atoms with Crippen LogP contribution < -0.4 is 0 Å². The summed E-state index contributed by atoms with van der Waals surface area (Å²) in [6.45, 7) is 4.85. The third-order valence-corrected chi connectivity index (χ3v) is 2.85. The lowest BCUT2D eigenvalue weighted by Gasteiger charge is -2.03. The van der Waals surface area contributed by atoms with Crippen molar-refractivity contribution in [2.45, 2.75) is 26.7 Å². The number of nitrogens with zero attached hydrogens (tertiary/aromatic N) is 2. The number of carbonyl (C=O) groups excluding carboxylic acids is 1. The monoisotopic (exact) mass is 244 g/mol. The second-order valence-corrected chi connectivity index (χ2v) is 4.01. The van der Waals surface area contributed by atoms with Gasteiger partial charge in [0.05, 0.1) is 23.0 Å². The maximum absolute atomic E-state index is 11.6. The third-order valence-electron chi connectivity index (χ3n) is 2.36. The molecule has 0 amide bonds. The van der Waals surface area contributed by atoms with Gasteiger partial charge in [-0.15, -0.1) is 0 Å². The van der Waals surface area contributed by atoms with Crippen molar-refractivity contribution < 1.29 is 9.53 Å². The molecule has 16 heavy (non-hydrogen) atoms. The van der Waals surface area contributed by atoms with Crippen LogP contribution in [0.5, 0.6) is 0 Å². The molecule has 0 aliphatic carbocycles. The van der Waals surface area contributed by atoms with E-state index in [0.717, 1.165) is 11.4 Å². The van der Waals surface area contributed by atoms with E-state index >= 15 is 0 Å². The van der Waals surface area contributed by atoms with E-state index in [-0.39, 0.29) is 5.78 Å². The van der Waals surface area contributed by atoms with E-state index in [1.54, 1.807) is 11.7 Å². The molecule has 0 spiro atoms. The molecular formula is C11H17ClN2O2. The summed E-state index contributed by atoms with van der Waals surface area (Å²) >= 11 is 6.05. The summed E-state index contributed by atoms with van der Waals surface area (Å²) < 4.78 is 6.79. The zero-order chi connectivity index (χ0) is 12.1. The SMILES string of the molecule is CCOCCC(=O)Cc1c(Cl)c(C)nn1C. The van der Waals surface area contributed by atoms with E-state index in [2.05, 4.69) is 5.10 Å². The molecule has 0 atom stereocenters. The molecule has 0 saturated carbocycles. The first-order chi connectivity index (χ1) is 7.56. The Bertz CT molecular complexity index is 374. The molecule has 0 radical (unpaired) electrons. The highest BCUT2D eigenvalue weighted by molar-refractivity contribution is 6.32. The molecule has 0 saturated heterocycles. The molecule has 0 bridgehead atoms. The molecule has 0 fully saturated rings. The average Bonchev–Trinajstić information content (AvgIpc) is 2.46. The summed E-state index contributed by atoms with van der Waals surface area (Å²) in [7, 11) is 1.80. The minimum Gasteiger partial charge on any atom is -0.381 e. The highest BCUT2D eigenvalue weighted by Gasteiger charge is 2.14. The standard InChI is InChI=1S/C11H17ClN2O2/c1-4-16-6-5-9(15)7-10-11(12)8(2)13-14(10)3/h4-7H2,1-3H3. The number of ether oxygens (including phenoxy) is 1. The topological polar surface area (TPSA) is 44.1 Å². The van der Waals surface area contributed by atoms with E-state index in [0.29, 0.717) is 31.1 Å². The van der Waals surface area contributed by atoms with Crippen LogP contribution in [0.3, 0.4) is 0 Å². The molecule has 0 aromatic carbocycles. The summed E-state index contributed by atoms with van der Waals surface area (Å²) in [6, 6.07) is 0. The lowest BCUT2D eigenvalue weighted by Crippen LogP contribution is -2.10. The average molecular weight is 245 g/mol. The van der Waals surface area contributed by atoms with Crippen molar-refractivity contribution in [3.63, 3.8) is 0 Å². The zero-order valence-corrected chi connectivity index (χ0v) is 10.7. The Kier molecular flexibility index (Phi) is 4.96. The third kappa shape index (κ3) is 3.32. The van der Waals surface area contributed by atoms with Gasteiger partial charge in [-0.2, -0.15) is 5.10 Å². The Morgan fingerprint density at radius 3 is 2.75 bits per heavy atom. The first-order valence-electron chi connectivity index (χ1n) is 5.33. The first-order valence-corrected chi connectivity index (χ1v) is 5.71. The van der Waals surface area contributed by atoms with Crippen LogP contribution in [0.2, 0.25) is 5.02 Å². The first kappa shape index (κ1) is 13.2. The van der Waals surface area contributed by atoms with Gasteiger partial charge < -0.3 is 4.74 Å². The highest BCUT2D eigenvalue weighted by Crippen LogP contribution is 2.20. The second-order valence-electron chi connectivity index (χ2n) is 3.63. The summed E-state index contributed by atoms with van der Waals surface area (Å²) in [6.07, 6.45) is 0.748. The molecule has 5 heteroatoms. The van der Waals surface area contributed by atoms with Gasteiger partial charge in [0.25, 0.3) is 0 Å². The Labute approximate surface area is 101 Å². The molecule has 0 N–H and O–H groups in total. The fourth-order valence-electron chi connectivity index (χ4n) is 1.48. The summed E-state index contributed by atoms with van der Waals surface area (Å²) in [4.78, 5) is 11.6. The minimum absolute atomic E-state index is 0.123. The number of hydrogen-bond donors (Lipinski definition) is 0. The molecule has 1 aromatic rings. The van der Waals surface area contributed by atoms with Gasteiger partial charge >= 0.3 is 0 Å².